The van der Waals surface area contributed by atoms with Gasteiger partial charge in [-0.3, -0.25) is 0 Å². The lowest BCUT2D eigenvalue weighted by Crippen LogP contribution is -2.09. The SMILES string of the molecule is c1ccc(-c2ccc(N(c3ccc(-c4cc5ccccc5c5ccccc45)cc3)c3ccc4c(c3)oc3c5ccccc5cc(-c5ccccc5)c43)cc2)cc1. The molecule has 0 amide bonds. The van der Waals surface area contributed by atoms with Gasteiger partial charge in [0.25, 0.3) is 0 Å². The maximum absolute atomic E-state index is 6.89. The third-order valence-corrected chi connectivity index (χ3v) is 11.2. The molecule has 10 aromatic carbocycles. The quantitative estimate of drug-likeness (QED) is 0.160. The summed E-state index contributed by atoms with van der Waals surface area (Å²) in [6, 6.07) is 76.3. The van der Waals surface area contributed by atoms with Crippen LogP contribution in [0, 0.1) is 0 Å². The number of hydrogen-bond donors (Lipinski definition) is 0. The Kier molecular flexibility index (Phi) is 7.53. The number of furan rings is 1. The molecule has 2 heteroatoms. The summed E-state index contributed by atoms with van der Waals surface area (Å²) in [5.41, 5.74) is 12.1. The summed E-state index contributed by atoms with van der Waals surface area (Å²) in [5.74, 6) is 0. The van der Waals surface area contributed by atoms with E-state index in [0.717, 1.165) is 49.8 Å². The van der Waals surface area contributed by atoms with Crippen LogP contribution in [0.3, 0.4) is 0 Å². The van der Waals surface area contributed by atoms with E-state index in [1.54, 1.807) is 0 Å². The van der Waals surface area contributed by atoms with Crippen LogP contribution in [-0.4, -0.2) is 0 Å². The van der Waals surface area contributed by atoms with E-state index < -0.39 is 0 Å². The van der Waals surface area contributed by atoms with Gasteiger partial charge in [0.2, 0.25) is 0 Å². The van der Waals surface area contributed by atoms with Gasteiger partial charge >= 0.3 is 0 Å². The minimum atomic E-state index is 0.858. The molecule has 56 heavy (non-hydrogen) atoms. The molecule has 0 saturated heterocycles. The fourth-order valence-corrected chi connectivity index (χ4v) is 8.55. The first-order valence-electron chi connectivity index (χ1n) is 19.2. The number of rotatable bonds is 6. The molecule has 0 atom stereocenters. The Morgan fingerprint density at radius 2 is 0.786 bits per heavy atom. The van der Waals surface area contributed by atoms with Gasteiger partial charge in [-0.05, 0) is 109 Å². The van der Waals surface area contributed by atoms with Gasteiger partial charge in [0.1, 0.15) is 11.2 Å². The second-order valence-electron chi connectivity index (χ2n) is 14.5. The zero-order valence-corrected chi connectivity index (χ0v) is 30.6. The molecule has 0 saturated carbocycles. The number of benzene rings is 10. The average molecular weight is 714 g/mol. The van der Waals surface area contributed by atoms with Crippen LogP contribution in [0.15, 0.2) is 217 Å². The van der Waals surface area contributed by atoms with Crippen LogP contribution in [0.1, 0.15) is 0 Å². The van der Waals surface area contributed by atoms with Crippen molar-refractivity contribution in [3.8, 4) is 33.4 Å². The van der Waals surface area contributed by atoms with E-state index in [4.69, 9.17) is 4.42 Å². The third kappa shape index (κ3) is 5.34. The van der Waals surface area contributed by atoms with Crippen LogP contribution >= 0.6 is 0 Å². The maximum Gasteiger partial charge on any atom is 0.143 e. The van der Waals surface area contributed by atoms with Crippen molar-refractivity contribution >= 4 is 71.3 Å². The van der Waals surface area contributed by atoms with E-state index in [-0.39, 0.29) is 0 Å². The van der Waals surface area contributed by atoms with Crippen molar-refractivity contribution in [3.63, 3.8) is 0 Å². The number of fused-ring (bicyclic) bond motifs is 8. The molecule has 0 unspecified atom stereocenters. The first kappa shape index (κ1) is 32.0. The highest BCUT2D eigenvalue weighted by molar-refractivity contribution is 6.21. The second-order valence-corrected chi connectivity index (χ2v) is 14.5. The zero-order valence-electron chi connectivity index (χ0n) is 30.6. The minimum absolute atomic E-state index is 0.858. The number of anilines is 3. The Morgan fingerprint density at radius 3 is 1.48 bits per heavy atom. The van der Waals surface area contributed by atoms with Crippen molar-refractivity contribution < 1.29 is 4.42 Å². The molecular formula is C54H35NO. The van der Waals surface area contributed by atoms with Crippen molar-refractivity contribution in [1.29, 1.82) is 0 Å². The average Bonchev–Trinajstić information content (AvgIpc) is 3.66. The lowest BCUT2D eigenvalue weighted by atomic mass is 9.93. The van der Waals surface area contributed by atoms with Crippen LogP contribution in [0.5, 0.6) is 0 Å². The highest BCUT2D eigenvalue weighted by Crippen LogP contribution is 2.44. The zero-order chi connectivity index (χ0) is 37.0. The molecule has 11 rings (SSSR count). The van der Waals surface area contributed by atoms with Crippen LogP contribution in [0.2, 0.25) is 0 Å². The Bertz CT molecular complexity index is 3220. The van der Waals surface area contributed by atoms with E-state index in [9.17, 15) is 0 Å². The summed E-state index contributed by atoms with van der Waals surface area (Å²) < 4.78 is 6.89. The topological polar surface area (TPSA) is 16.4 Å². The molecule has 0 N–H and O–H groups in total. The van der Waals surface area contributed by atoms with E-state index in [1.807, 2.05) is 0 Å². The number of nitrogens with zero attached hydrogens (tertiary/aromatic N) is 1. The normalized spacial score (nSPS) is 11.6. The van der Waals surface area contributed by atoms with Crippen LogP contribution in [0.25, 0.3) is 87.6 Å². The minimum Gasteiger partial charge on any atom is -0.455 e. The fourth-order valence-electron chi connectivity index (χ4n) is 8.55. The van der Waals surface area contributed by atoms with Gasteiger partial charge < -0.3 is 9.32 Å². The first-order valence-corrected chi connectivity index (χ1v) is 19.2. The summed E-state index contributed by atoms with van der Waals surface area (Å²) in [6.07, 6.45) is 0. The van der Waals surface area contributed by atoms with Gasteiger partial charge in [-0.25, -0.2) is 0 Å². The summed E-state index contributed by atoms with van der Waals surface area (Å²) in [5, 5.41) is 9.57. The molecule has 0 aliphatic heterocycles. The van der Waals surface area contributed by atoms with Crippen LogP contribution in [-0.2, 0) is 0 Å². The molecule has 1 heterocycles. The van der Waals surface area contributed by atoms with E-state index >= 15 is 0 Å². The fraction of sp³-hybridized carbons (Fsp3) is 0. The van der Waals surface area contributed by atoms with Crippen molar-refractivity contribution in [2.45, 2.75) is 0 Å². The van der Waals surface area contributed by atoms with Gasteiger partial charge in [0, 0.05) is 39.3 Å². The molecule has 2 nitrogen and oxygen atoms in total. The highest BCUT2D eigenvalue weighted by atomic mass is 16.3. The maximum atomic E-state index is 6.89. The van der Waals surface area contributed by atoms with Crippen molar-refractivity contribution in [1.82, 2.24) is 0 Å². The van der Waals surface area contributed by atoms with Crippen molar-refractivity contribution in [2.75, 3.05) is 4.90 Å². The number of hydrogen-bond acceptors (Lipinski definition) is 2. The van der Waals surface area contributed by atoms with E-state index in [0.29, 0.717) is 0 Å². The van der Waals surface area contributed by atoms with Crippen LogP contribution in [0.4, 0.5) is 17.1 Å². The lowest BCUT2D eigenvalue weighted by Gasteiger charge is -2.26. The third-order valence-electron chi connectivity index (χ3n) is 11.2. The van der Waals surface area contributed by atoms with Gasteiger partial charge in [-0.15, -0.1) is 0 Å². The molecule has 0 aliphatic carbocycles. The highest BCUT2D eigenvalue weighted by Gasteiger charge is 2.20. The predicted octanol–water partition coefficient (Wildman–Crippen LogP) is 15.5. The lowest BCUT2D eigenvalue weighted by molar-refractivity contribution is 0.673. The smallest absolute Gasteiger partial charge is 0.143 e. The Labute approximate surface area is 325 Å². The van der Waals surface area contributed by atoms with Crippen LogP contribution < -0.4 is 4.90 Å². The second kappa shape index (κ2) is 13.2. The molecule has 0 aliphatic rings. The molecule has 262 valence electrons. The monoisotopic (exact) mass is 713 g/mol. The molecule has 0 fully saturated rings. The van der Waals surface area contributed by atoms with Gasteiger partial charge in [0.05, 0.1) is 0 Å². The molecule has 1 aromatic heterocycles. The Hall–Kier alpha value is -7.42. The van der Waals surface area contributed by atoms with Gasteiger partial charge in [-0.1, -0.05) is 158 Å². The van der Waals surface area contributed by atoms with Gasteiger partial charge in [0.15, 0.2) is 0 Å². The van der Waals surface area contributed by atoms with Crippen molar-refractivity contribution in [2.24, 2.45) is 0 Å². The largest absolute Gasteiger partial charge is 0.455 e. The van der Waals surface area contributed by atoms with Gasteiger partial charge in [-0.2, -0.15) is 0 Å². The molecular weight excluding hydrogens is 679 g/mol. The predicted molar refractivity (Wildman–Crippen MR) is 237 cm³/mol. The summed E-state index contributed by atoms with van der Waals surface area (Å²) in [6.45, 7) is 0. The standard InChI is InChI=1S/C54H35NO/c1-3-13-36(14-4-1)37-23-27-42(28-24-37)55(43-29-25-39(26-30-43)50-33-40-17-7-9-19-45(40)47-21-11-12-22-48(47)50)44-31-32-49-52(35-44)56-54-46-20-10-8-18-41(46)34-51(53(49)54)38-15-5-2-6-16-38/h1-35H. The molecule has 0 radical (unpaired) electrons. The summed E-state index contributed by atoms with van der Waals surface area (Å²) >= 11 is 0. The van der Waals surface area contributed by atoms with E-state index in [2.05, 4.69) is 217 Å². The molecule has 0 spiro atoms. The first-order chi connectivity index (χ1) is 27.8. The molecule has 0 bridgehead atoms. The van der Waals surface area contributed by atoms with E-state index in [1.165, 1.54) is 54.9 Å². The van der Waals surface area contributed by atoms with Crippen molar-refractivity contribution in [3.05, 3.63) is 212 Å². The summed E-state index contributed by atoms with van der Waals surface area (Å²) in [7, 11) is 0. The Balaban J connectivity index is 1.08. The molecule has 11 aromatic rings. The Morgan fingerprint density at radius 1 is 0.304 bits per heavy atom. The summed E-state index contributed by atoms with van der Waals surface area (Å²) in [4.78, 5) is 2.33.